The molecule has 3 nitrogen and oxygen atoms in total. The minimum Gasteiger partial charge on any atom is -0.488 e. The van der Waals surface area contributed by atoms with Crippen LogP contribution in [0.15, 0.2) is 102 Å². The zero-order valence-electron chi connectivity index (χ0n) is 17.1. The molecule has 5 rings (SSSR count). The Balaban J connectivity index is 1.54. The van der Waals surface area contributed by atoms with Crippen LogP contribution in [0, 0.1) is 0 Å². The number of nitrogens with zero attached hydrogens (tertiary/aromatic N) is 1. The van der Waals surface area contributed by atoms with E-state index in [0.717, 1.165) is 33.3 Å². The van der Waals surface area contributed by atoms with Gasteiger partial charge < -0.3 is 4.74 Å². The summed E-state index contributed by atoms with van der Waals surface area (Å²) in [5, 5.41) is 2.12. The molecule has 1 saturated heterocycles. The number of benzene rings is 4. The Kier molecular flexibility index (Phi) is 5.75. The number of thioether (sulfide) groups is 1. The summed E-state index contributed by atoms with van der Waals surface area (Å²) in [4.78, 5) is 15.4. The van der Waals surface area contributed by atoms with Crippen LogP contribution in [0.1, 0.15) is 11.1 Å². The van der Waals surface area contributed by atoms with E-state index in [9.17, 15) is 4.79 Å². The predicted molar refractivity (Wildman–Crippen MR) is 137 cm³/mol. The number of carbonyl (C=O) groups excluding carboxylic acids is 1. The highest BCUT2D eigenvalue weighted by atomic mass is 32.2. The van der Waals surface area contributed by atoms with E-state index < -0.39 is 0 Å². The Morgan fingerprint density at radius 2 is 1.53 bits per heavy atom. The van der Waals surface area contributed by atoms with Gasteiger partial charge in [0.2, 0.25) is 0 Å². The highest BCUT2D eigenvalue weighted by molar-refractivity contribution is 8.27. The first-order valence-corrected chi connectivity index (χ1v) is 11.4. The van der Waals surface area contributed by atoms with Gasteiger partial charge in [-0.25, -0.2) is 0 Å². The fourth-order valence-corrected chi connectivity index (χ4v) is 4.96. The molecule has 1 aliphatic rings. The van der Waals surface area contributed by atoms with Crippen molar-refractivity contribution in [2.24, 2.45) is 0 Å². The van der Waals surface area contributed by atoms with Gasteiger partial charge in [0.1, 0.15) is 12.4 Å². The van der Waals surface area contributed by atoms with Crippen molar-refractivity contribution in [2.45, 2.75) is 6.61 Å². The second-order valence-corrected chi connectivity index (χ2v) is 9.00. The van der Waals surface area contributed by atoms with Gasteiger partial charge in [-0.2, -0.15) is 0 Å². The van der Waals surface area contributed by atoms with E-state index in [4.69, 9.17) is 17.0 Å². The maximum Gasteiger partial charge on any atom is 0.270 e. The number of anilines is 1. The van der Waals surface area contributed by atoms with Gasteiger partial charge in [-0.1, -0.05) is 103 Å². The summed E-state index contributed by atoms with van der Waals surface area (Å²) < 4.78 is 6.73. The first kappa shape index (κ1) is 20.5. The highest BCUT2D eigenvalue weighted by Gasteiger charge is 2.33. The number of carbonyl (C=O) groups is 1. The summed E-state index contributed by atoms with van der Waals surface area (Å²) in [6.07, 6.45) is 1.91. The smallest absolute Gasteiger partial charge is 0.270 e. The molecule has 156 valence electrons. The number of hydrogen-bond donors (Lipinski definition) is 0. The zero-order valence-corrected chi connectivity index (χ0v) is 18.7. The largest absolute Gasteiger partial charge is 0.488 e. The standard InChI is InChI=1S/C27H19NO2S2/c29-26-25(32-27(31)28(26)21-12-5-2-6-13-21)17-23-22-14-8-7-11-20(22)15-16-24(23)30-18-19-9-3-1-4-10-19/h1-17H,18H2/b25-17+. The number of para-hydroxylation sites is 1. The fourth-order valence-electron chi connectivity index (χ4n) is 3.68. The summed E-state index contributed by atoms with van der Waals surface area (Å²) in [5.74, 6) is 0.616. The Hall–Kier alpha value is -3.41. The molecule has 0 unspecified atom stereocenters. The molecule has 4 aromatic carbocycles. The third kappa shape index (κ3) is 4.05. The van der Waals surface area contributed by atoms with Gasteiger partial charge in [0.25, 0.3) is 5.91 Å². The molecule has 0 radical (unpaired) electrons. The zero-order chi connectivity index (χ0) is 21.9. The highest BCUT2D eigenvalue weighted by Crippen LogP contribution is 2.39. The number of amides is 1. The molecule has 0 aliphatic carbocycles. The lowest BCUT2D eigenvalue weighted by molar-refractivity contribution is -0.113. The number of hydrogen-bond acceptors (Lipinski definition) is 4. The Morgan fingerprint density at radius 3 is 2.31 bits per heavy atom. The van der Waals surface area contributed by atoms with Gasteiger partial charge in [0.05, 0.1) is 10.6 Å². The molecule has 0 N–H and O–H groups in total. The average Bonchev–Trinajstić information content (AvgIpc) is 3.12. The Morgan fingerprint density at radius 1 is 0.844 bits per heavy atom. The number of fused-ring (bicyclic) bond motifs is 1. The second-order valence-electron chi connectivity index (χ2n) is 7.33. The van der Waals surface area contributed by atoms with Crippen molar-refractivity contribution in [2.75, 3.05) is 4.90 Å². The van der Waals surface area contributed by atoms with Crippen molar-refractivity contribution < 1.29 is 9.53 Å². The second kappa shape index (κ2) is 8.99. The quantitative estimate of drug-likeness (QED) is 0.245. The third-order valence-electron chi connectivity index (χ3n) is 5.25. The van der Waals surface area contributed by atoms with E-state index in [2.05, 4.69) is 12.1 Å². The molecular weight excluding hydrogens is 434 g/mol. The molecule has 0 aromatic heterocycles. The van der Waals surface area contributed by atoms with Crippen molar-refractivity contribution in [3.8, 4) is 5.75 Å². The molecular formula is C27H19NO2S2. The van der Waals surface area contributed by atoms with Gasteiger partial charge in [0, 0.05) is 5.56 Å². The number of thiocarbonyl (C=S) groups is 1. The lowest BCUT2D eigenvalue weighted by Crippen LogP contribution is -2.27. The van der Waals surface area contributed by atoms with E-state index in [-0.39, 0.29) is 5.91 Å². The van der Waals surface area contributed by atoms with Crippen molar-refractivity contribution in [1.82, 2.24) is 0 Å². The lowest BCUT2D eigenvalue weighted by Gasteiger charge is -2.14. The van der Waals surface area contributed by atoms with Crippen LogP contribution in [0.5, 0.6) is 5.75 Å². The fraction of sp³-hybridized carbons (Fsp3) is 0.0370. The minimum absolute atomic E-state index is 0.117. The molecule has 4 aromatic rings. The first-order chi connectivity index (χ1) is 15.7. The van der Waals surface area contributed by atoms with Crippen LogP contribution in [-0.2, 0) is 11.4 Å². The maximum absolute atomic E-state index is 13.3. The molecule has 1 heterocycles. The van der Waals surface area contributed by atoms with Crippen LogP contribution in [0.25, 0.3) is 16.8 Å². The van der Waals surface area contributed by atoms with Gasteiger partial charge in [0.15, 0.2) is 4.32 Å². The summed E-state index contributed by atoms with van der Waals surface area (Å²) in [6, 6.07) is 31.7. The van der Waals surface area contributed by atoms with Crippen LogP contribution in [0.2, 0.25) is 0 Å². The third-order valence-corrected chi connectivity index (χ3v) is 6.55. The molecule has 0 saturated carbocycles. The van der Waals surface area contributed by atoms with E-state index in [1.54, 1.807) is 4.90 Å². The van der Waals surface area contributed by atoms with E-state index in [1.807, 2.05) is 91.0 Å². The summed E-state index contributed by atoms with van der Waals surface area (Å²) in [6.45, 7) is 0.449. The van der Waals surface area contributed by atoms with Gasteiger partial charge in [-0.3, -0.25) is 9.69 Å². The number of rotatable bonds is 5. The van der Waals surface area contributed by atoms with Crippen molar-refractivity contribution >= 4 is 56.7 Å². The van der Waals surface area contributed by atoms with Crippen LogP contribution >= 0.6 is 24.0 Å². The molecule has 0 spiro atoms. The maximum atomic E-state index is 13.3. The molecule has 5 heteroatoms. The minimum atomic E-state index is -0.117. The Bertz CT molecular complexity index is 1330. The SMILES string of the molecule is O=C1/C(=C\c2c(OCc3ccccc3)ccc3ccccc23)SC(=S)N1c1ccccc1. The monoisotopic (exact) mass is 453 g/mol. The van der Waals surface area contributed by atoms with Crippen molar-refractivity contribution in [3.05, 3.63) is 113 Å². The normalized spacial score (nSPS) is 15.0. The van der Waals surface area contributed by atoms with Crippen molar-refractivity contribution in [1.29, 1.82) is 0 Å². The molecule has 0 atom stereocenters. The van der Waals surface area contributed by atoms with E-state index >= 15 is 0 Å². The number of ether oxygens (including phenoxy) is 1. The summed E-state index contributed by atoms with van der Waals surface area (Å²) in [7, 11) is 0. The average molecular weight is 454 g/mol. The molecule has 1 amide bonds. The summed E-state index contributed by atoms with van der Waals surface area (Å²) in [5.41, 5.74) is 2.74. The van der Waals surface area contributed by atoms with Gasteiger partial charge >= 0.3 is 0 Å². The van der Waals surface area contributed by atoms with Crippen LogP contribution < -0.4 is 9.64 Å². The van der Waals surface area contributed by atoms with Crippen molar-refractivity contribution in [3.63, 3.8) is 0 Å². The molecule has 1 aliphatic heterocycles. The Labute approximate surface area is 196 Å². The lowest BCUT2D eigenvalue weighted by atomic mass is 10.0. The van der Waals surface area contributed by atoms with Gasteiger partial charge in [-0.15, -0.1) is 0 Å². The first-order valence-electron chi connectivity index (χ1n) is 10.2. The topological polar surface area (TPSA) is 29.5 Å². The summed E-state index contributed by atoms with van der Waals surface area (Å²) >= 11 is 6.85. The molecule has 0 bridgehead atoms. The van der Waals surface area contributed by atoms with Crippen LogP contribution in [0.3, 0.4) is 0 Å². The molecule has 1 fully saturated rings. The van der Waals surface area contributed by atoms with Gasteiger partial charge in [-0.05, 0) is 40.6 Å². The van der Waals surface area contributed by atoms with E-state index in [0.29, 0.717) is 15.8 Å². The van der Waals surface area contributed by atoms with Crippen LogP contribution in [0.4, 0.5) is 5.69 Å². The van der Waals surface area contributed by atoms with Crippen LogP contribution in [-0.4, -0.2) is 10.2 Å². The molecule has 32 heavy (non-hydrogen) atoms. The van der Waals surface area contributed by atoms with E-state index in [1.165, 1.54) is 11.8 Å². The predicted octanol–water partition coefficient (Wildman–Crippen LogP) is 6.82.